The molecule has 1 fully saturated rings. The Morgan fingerprint density at radius 2 is 1.79 bits per heavy atom. The van der Waals surface area contributed by atoms with Gasteiger partial charge in [0.1, 0.15) is 6.04 Å². The number of halogens is 1. The number of imide groups is 1. The largest absolute Gasteiger partial charge is 0.287 e. The number of hydrogen-bond acceptors (Lipinski definition) is 5. The quantitative estimate of drug-likeness (QED) is 0.644. The molecule has 0 radical (unpaired) electrons. The number of rotatable bonds is 4. The summed E-state index contributed by atoms with van der Waals surface area (Å²) in [7, 11) is 0. The van der Waals surface area contributed by atoms with Crippen LogP contribution in [-0.2, 0) is 9.59 Å². The maximum atomic E-state index is 12.4. The summed E-state index contributed by atoms with van der Waals surface area (Å²) in [5.41, 5.74) is 5.88. The van der Waals surface area contributed by atoms with Gasteiger partial charge in [-0.05, 0) is 36.4 Å². The molecule has 7 nitrogen and oxygen atoms in total. The number of benzene rings is 1. The molecule has 8 heteroatoms. The van der Waals surface area contributed by atoms with Gasteiger partial charge in [-0.15, -0.1) is 0 Å². The molecule has 1 aromatic carbocycles. The smallest absolute Gasteiger partial charge is 0.265 e. The van der Waals surface area contributed by atoms with Crippen molar-refractivity contribution in [2.24, 2.45) is 0 Å². The molecule has 0 bridgehead atoms. The lowest BCUT2D eigenvalue weighted by Crippen LogP contribution is -2.48. The molecule has 0 unspecified atom stereocenters. The average Bonchev–Trinajstić information content (AvgIpc) is 2.88. The molecule has 0 aliphatic carbocycles. The Morgan fingerprint density at radius 1 is 1.12 bits per heavy atom. The number of amides is 3. The fourth-order valence-corrected chi connectivity index (χ4v) is 2.46. The van der Waals surface area contributed by atoms with Crippen LogP contribution in [0.3, 0.4) is 0 Å². The van der Waals surface area contributed by atoms with Crippen molar-refractivity contribution in [2.45, 2.75) is 12.5 Å². The summed E-state index contributed by atoms with van der Waals surface area (Å²) in [6.45, 7) is 0. The van der Waals surface area contributed by atoms with Crippen LogP contribution < -0.4 is 15.8 Å². The van der Waals surface area contributed by atoms with Crippen LogP contribution in [0.15, 0.2) is 48.8 Å². The van der Waals surface area contributed by atoms with Gasteiger partial charge in [0.05, 0.1) is 12.1 Å². The molecular formula is C16H13ClN4O3. The Kier molecular flexibility index (Phi) is 4.54. The van der Waals surface area contributed by atoms with E-state index in [0.29, 0.717) is 16.3 Å². The number of nitrogens with zero attached hydrogens (tertiary/aromatic N) is 2. The van der Waals surface area contributed by atoms with Gasteiger partial charge in [-0.25, -0.2) is 10.3 Å². The zero-order valence-corrected chi connectivity index (χ0v) is 13.2. The normalized spacial score (nSPS) is 17.2. The van der Waals surface area contributed by atoms with Crippen LogP contribution >= 0.6 is 11.6 Å². The van der Waals surface area contributed by atoms with E-state index in [9.17, 15) is 14.4 Å². The monoisotopic (exact) mass is 344 g/mol. The van der Waals surface area contributed by atoms with Gasteiger partial charge in [0.25, 0.3) is 11.8 Å². The van der Waals surface area contributed by atoms with E-state index in [1.807, 2.05) is 0 Å². The second-order valence-electron chi connectivity index (χ2n) is 5.13. The summed E-state index contributed by atoms with van der Waals surface area (Å²) in [6, 6.07) is 8.65. The lowest BCUT2D eigenvalue weighted by Gasteiger charge is -2.16. The maximum absolute atomic E-state index is 12.4. The maximum Gasteiger partial charge on any atom is 0.265 e. The van der Waals surface area contributed by atoms with Crippen LogP contribution in [0.2, 0.25) is 5.02 Å². The summed E-state index contributed by atoms with van der Waals surface area (Å²) in [5, 5.41) is 0.511. The van der Waals surface area contributed by atoms with E-state index < -0.39 is 17.9 Å². The van der Waals surface area contributed by atoms with Gasteiger partial charge < -0.3 is 0 Å². The van der Waals surface area contributed by atoms with Gasteiger partial charge in [-0.3, -0.25) is 24.8 Å². The minimum Gasteiger partial charge on any atom is -0.287 e. The van der Waals surface area contributed by atoms with Gasteiger partial charge in [-0.2, -0.15) is 0 Å². The molecule has 122 valence electrons. The second-order valence-corrected chi connectivity index (χ2v) is 5.57. The lowest BCUT2D eigenvalue weighted by molar-refractivity contribution is -0.121. The van der Waals surface area contributed by atoms with Crippen molar-refractivity contribution < 1.29 is 14.4 Å². The van der Waals surface area contributed by atoms with Crippen molar-refractivity contribution in [3.05, 3.63) is 59.4 Å². The summed E-state index contributed by atoms with van der Waals surface area (Å²) < 4.78 is 0. The number of carbonyl (C=O) groups excluding carboxylic acids is 3. The Balaban J connectivity index is 1.66. The van der Waals surface area contributed by atoms with Crippen LogP contribution in [0, 0.1) is 0 Å². The molecule has 3 rings (SSSR count). The van der Waals surface area contributed by atoms with Crippen molar-refractivity contribution in [3.63, 3.8) is 0 Å². The van der Waals surface area contributed by atoms with E-state index in [-0.39, 0.29) is 12.3 Å². The van der Waals surface area contributed by atoms with Crippen molar-refractivity contribution in [1.29, 1.82) is 0 Å². The molecule has 0 spiro atoms. The van der Waals surface area contributed by atoms with E-state index in [4.69, 9.17) is 11.6 Å². The predicted molar refractivity (Wildman–Crippen MR) is 87.2 cm³/mol. The molecule has 1 aliphatic rings. The van der Waals surface area contributed by atoms with Gasteiger partial charge in [0.15, 0.2) is 0 Å². The van der Waals surface area contributed by atoms with E-state index in [1.165, 1.54) is 12.4 Å². The molecule has 2 N–H and O–H groups in total. The van der Waals surface area contributed by atoms with Gasteiger partial charge in [0, 0.05) is 23.0 Å². The third-order valence-electron chi connectivity index (χ3n) is 3.53. The summed E-state index contributed by atoms with van der Waals surface area (Å²) in [6.07, 6.45) is 2.93. The Bertz CT molecular complexity index is 780. The van der Waals surface area contributed by atoms with Gasteiger partial charge in [-0.1, -0.05) is 11.6 Å². The van der Waals surface area contributed by atoms with Crippen LogP contribution in [0.25, 0.3) is 0 Å². The highest BCUT2D eigenvalue weighted by Crippen LogP contribution is 2.24. The molecule has 0 saturated carbocycles. The molecule has 2 aromatic rings. The minimum atomic E-state index is -0.820. The number of nitrogens with one attached hydrogen (secondary N) is 2. The number of pyridine rings is 1. The summed E-state index contributed by atoms with van der Waals surface area (Å²) >= 11 is 5.81. The standard InChI is InChI=1S/C16H13ClN4O3/c17-11-1-3-12(4-2-11)21-14(22)9-13(16(21)24)19-20-15(23)10-5-7-18-8-6-10/h1-8,13,19H,9H2,(H,20,23)/t13-/m0/s1. The van der Waals surface area contributed by atoms with Gasteiger partial charge >= 0.3 is 0 Å². The number of carbonyl (C=O) groups is 3. The number of hydrazine groups is 1. The fourth-order valence-electron chi connectivity index (χ4n) is 2.33. The number of hydrogen-bond donors (Lipinski definition) is 2. The van der Waals surface area contributed by atoms with E-state index in [0.717, 1.165) is 4.90 Å². The van der Waals surface area contributed by atoms with Crippen LogP contribution in [0.4, 0.5) is 5.69 Å². The lowest BCUT2D eigenvalue weighted by atomic mass is 10.2. The average molecular weight is 345 g/mol. The first-order valence-corrected chi connectivity index (χ1v) is 7.52. The van der Waals surface area contributed by atoms with Crippen molar-refractivity contribution in [3.8, 4) is 0 Å². The first-order chi connectivity index (χ1) is 11.6. The highest BCUT2D eigenvalue weighted by atomic mass is 35.5. The molecule has 1 aromatic heterocycles. The first kappa shape index (κ1) is 16.1. The third kappa shape index (κ3) is 3.27. The topological polar surface area (TPSA) is 91.4 Å². The minimum absolute atomic E-state index is 0.0436. The van der Waals surface area contributed by atoms with Crippen molar-refractivity contribution in [2.75, 3.05) is 4.90 Å². The van der Waals surface area contributed by atoms with E-state index in [2.05, 4.69) is 15.8 Å². The second kappa shape index (κ2) is 6.77. The van der Waals surface area contributed by atoms with Crippen LogP contribution in [0.1, 0.15) is 16.8 Å². The summed E-state index contributed by atoms with van der Waals surface area (Å²) in [4.78, 5) is 41.4. The fraction of sp³-hybridized carbons (Fsp3) is 0.125. The highest BCUT2D eigenvalue weighted by molar-refractivity contribution is 6.30. The SMILES string of the molecule is O=C(NN[C@H]1CC(=O)N(c2ccc(Cl)cc2)C1=O)c1ccncc1. The highest BCUT2D eigenvalue weighted by Gasteiger charge is 2.39. The Hall–Kier alpha value is -2.77. The zero-order valence-electron chi connectivity index (χ0n) is 12.4. The molecule has 24 heavy (non-hydrogen) atoms. The zero-order chi connectivity index (χ0) is 17.1. The number of aromatic nitrogens is 1. The molecule has 1 saturated heterocycles. The van der Waals surface area contributed by atoms with Crippen molar-refractivity contribution in [1.82, 2.24) is 15.8 Å². The number of anilines is 1. The first-order valence-electron chi connectivity index (χ1n) is 7.14. The van der Waals surface area contributed by atoms with Crippen molar-refractivity contribution >= 4 is 35.0 Å². The van der Waals surface area contributed by atoms with Crippen LogP contribution in [-0.4, -0.2) is 28.7 Å². The molecular weight excluding hydrogens is 332 g/mol. The predicted octanol–water partition coefficient (Wildman–Crippen LogP) is 1.30. The Morgan fingerprint density at radius 3 is 2.46 bits per heavy atom. The molecule has 2 heterocycles. The summed E-state index contributed by atoms with van der Waals surface area (Å²) in [5.74, 6) is -1.20. The van der Waals surface area contributed by atoms with E-state index in [1.54, 1.807) is 36.4 Å². The third-order valence-corrected chi connectivity index (χ3v) is 3.79. The molecule has 1 atom stereocenters. The van der Waals surface area contributed by atoms with E-state index >= 15 is 0 Å². The molecule has 1 aliphatic heterocycles. The van der Waals surface area contributed by atoms with Crippen LogP contribution in [0.5, 0.6) is 0 Å². The van der Waals surface area contributed by atoms with Gasteiger partial charge in [0.2, 0.25) is 5.91 Å². The Labute approximate surface area is 142 Å². The molecule has 3 amide bonds.